The zero-order chi connectivity index (χ0) is 18.5. The van der Waals surface area contributed by atoms with Crippen molar-refractivity contribution in [2.24, 2.45) is 0 Å². The van der Waals surface area contributed by atoms with Gasteiger partial charge in [0.25, 0.3) is 11.8 Å². The van der Waals surface area contributed by atoms with E-state index in [-0.39, 0.29) is 5.91 Å². The summed E-state index contributed by atoms with van der Waals surface area (Å²) >= 11 is 0. The third-order valence-electron chi connectivity index (χ3n) is 3.82. The van der Waals surface area contributed by atoms with Crippen LogP contribution in [0.4, 0.5) is 5.69 Å². The summed E-state index contributed by atoms with van der Waals surface area (Å²) in [6.07, 6.45) is 0.711. The number of aromatic nitrogens is 2. The molecule has 0 aliphatic carbocycles. The predicted molar refractivity (Wildman–Crippen MR) is 96.6 cm³/mol. The molecule has 1 amide bonds. The summed E-state index contributed by atoms with van der Waals surface area (Å²) in [6, 6.07) is 12.2. The maximum absolute atomic E-state index is 12.4. The van der Waals surface area contributed by atoms with Crippen molar-refractivity contribution in [3.63, 3.8) is 0 Å². The van der Waals surface area contributed by atoms with Crippen LogP contribution in [0.15, 0.2) is 47.0 Å². The lowest BCUT2D eigenvalue weighted by Crippen LogP contribution is -2.12. The smallest absolute Gasteiger partial charge is 0.257 e. The molecule has 26 heavy (non-hydrogen) atoms. The third kappa shape index (κ3) is 3.66. The molecule has 7 nitrogen and oxygen atoms in total. The van der Waals surface area contributed by atoms with Gasteiger partial charge in [-0.1, -0.05) is 12.1 Å². The Hall–Kier alpha value is -3.35. The Kier molecular flexibility index (Phi) is 5.17. The monoisotopic (exact) mass is 353 g/mol. The number of benzene rings is 2. The van der Waals surface area contributed by atoms with Crippen LogP contribution < -0.4 is 14.8 Å². The van der Waals surface area contributed by atoms with E-state index in [4.69, 9.17) is 14.0 Å². The zero-order valence-electron chi connectivity index (χ0n) is 14.8. The first kappa shape index (κ1) is 17.5. The molecular formula is C19H19N3O4. The van der Waals surface area contributed by atoms with E-state index in [1.54, 1.807) is 37.4 Å². The van der Waals surface area contributed by atoms with E-state index >= 15 is 0 Å². The Morgan fingerprint density at radius 3 is 2.42 bits per heavy atom. The number of ether oxygens (including phenoxy) is 2. The van der Waals surface area contributed by atoms with Crippen LogP contribution in [0.25, 0.3) is 11.5 Å². The summed E-state index contributed by atoms with van der Waals surface area (Å²) in [4.78, 5) is 16.7. The Bertz CT molecular complexity index is 903. The van der Waals surface area contributed by atoms with Gasteiger partial charge in [0.2, 0.25) is 0 Å². The molecule has 134 valence electrons. The molecule has 3 rings (SSSR count). The van der Waals surface area contributed by atoms with Crippen molar-refractivity contribution >= 4 is 11.6 Å². The van der Waals surface area contributed by atoms with E-state index in [0.717, 1.165) is 5.56 Å². The van der Waals surface area contributed by atoms with Crippen LogP contribution in [0.5, 0.6) is 11.5 Å². The van der Waals surface area contributed by atoms with E-state index in [1.165, 1.54) is 7.11 Å². The number of methoxy groups -OCH3 is 2. The number of rotatable bonds is 6. The molecule has 1 N–H and O–H groups in total. The van der Waals surface area contributed by atoms with E-state index in [2.05, 4.69) is 15.5 Å². The van der Waals surface area contributed by atoms with Gasteiger partial charge >= 0.3 is 0 Å². The van der Waals surface area contributed by atoms with E-state index in [1.807, 2.05) is 19.1 Å². The van der Waals surface area contributed by atoms with Crippen molar-refractivity contribution in [1.29, 1.82) is 0 Å². The van der Waals surface area contributed by atoms with Crippen LogP contribution in [0.3, 0.4) is 0 Å². The number of anilines is 1. The number of hydrogen-bond acceptors (Lipinski definition) is 6. The van der Waals surface area contributed by atoms with Crippen molar-refractivity contribution in [2.75, 3.05) is 19.5 Å². The average Bonchev–Trinajstić information content (AvgIpc) is 3.17. The highest BCUT2D eigenvalue weighted by molar-refractivity contribution is 6.04. The first-order valence-electron chi connectivity index (χ1n) is 8.11. The second-order valence-corrected chi connectivity index (χ2v) is 5.47. The Labute approximate surface area is 150 Å². The van der Waals surface area contributed by atoms with Gasteiger partial charge < -0.3 is 19.3 Å². The van der Waals surface area contributed by atoms with Gasteiger partial charge in [-0.3, -0.25) is 4.79 Å². The van der Waals surface area contributed by atoms with Crippen molar-refractivity contribution in [1.82, 2.24) is 10.1 Å². The molecule has 3 aromatic rings. The standard InChI is InChI=1S/C19H19N3O4/c1-4-17-21-19(26-22-17)12-5-8-14(9-6-12)20-18(23)13-7-10-15(24-2)16(11-13)25-3/h5-11H,4H2,1-3H3,(H,20,23). The summed E-state index contributed by atoms with van der Waals surface area (Å²) in [5.74, 6) is 1.94. The minimum Gasteiger partial charge on any atom is -0.493 e. The quantitative estimate of drug-likeness (QED) is 0.729. The van der Waals surface area contributed by atoms with Gasteiger partial charge in [-0.15, -0.1) is 0 Å². The number of nitrogens with zero attached hydrogens (tertiary/aromatic N) is 2. The fourth-order valence-corrected chi connectivity index (χ4v) is 2.39. The second kappa shape index (κ2) is 7.69. The Balaban J connectivity index is 1.73. The first-order chi connectivity index (χ1) is 12.6. The van der Waals surface area contributed by atoms with Crippen LogP contribution in [0, 0.1) is 0 Å². The SMILES string of the molecule is CCc1noc(-c2ccc(NC(=O)c3ccc(OC)c(OC)c3)cc2)n1. The molecule has 0 spiro atoms. The fourth-order valence-electron chi connectivity index (χ4n) is 2.39. The number of hydrogen-bond donors (Lipinski definition) is 1. The highest BCUT2D eigenvalue weighted by Gasteiger charge is 2.12. The molecule has 2 aromatic carbocycles. The number of amides is 1. The fraction of sp³-hybridized carbons (Fsp3) is 0.211. The minimum atomic E-state index is -0.246. The lowest BCUT2D eigenvalue weighted by Gasteiger charge is -2.10. The highest BCUT2D eigenvalue weighted by Crippen LogP contribution is 2.28. The van der Waals surface area contributed by atoms with Crippen molar-refractivity contribution in [3.8, 4) is 23.0 Å². The van der Waals surface area contributed by atoms with Gasteiger partial charge in [0.1, 0.15) is 0 Å². The molecular weight excluding hydrogens is 334 g/mol. The van der Waals surface area contributed by atoms with Crippen LogP contribution in [0.1, 0.15) is 23.1 Å². The molecule has 1 heterocycles. The number of nitrogens with one attached hydrogen (secondary N) is 1. The third-order valence-corrected chi connectivity index (χ3v) is 3.82. The van der Waals surface area contributed by atoms with E-state index in [9.17, 15) is 4.79 Å². The molecule has 0 fully saturated rings. The summed E-state index contributed by atoms with van der Waals surface area (Å²) < 4.78 is 15.6. The second-order valence-electron chi connectivity index (χ2n) is 5.47. The Morgan fingerprint density at radius 1 is 1.08 bits per heavy atom. The largest absolute Gasteiger partial charge is 0.493 e. The van der Waals surface area contributed by atoms with Crippen LogP contribution in [0.2, 0.25) is 0 Å². The molecule has 0 radical (unpaired) electrons. The predicted octanol–water partition coefficient (Wildman–Crippen LogP) is 3.57. The van der Waals surface area contributed by atoms with Gasteiger partial charge in [0.15, 0.2) is 17.3 Å². The van der Waals surface area contributed by atoms with Gasteiger partial charge in [0.05, 0.1) is 14.2 Å². The maximum atomic E-state index is 12.4. The van der Waals surface area contributed by atoms with E-state index in [0.29, 0.717) is 40.9 Å². The molecule has 0 atom stereocenters. The van der Waals surface area contributed by atoms with Crippen molar-refractivity contribution < 1.29 is 18.8 Å². The summed E-state index contributed by atoms with van der Waals surface area (Å²) in [6.45, 7) is 1.96. The molecule has 1 aromatic heterocycles. The van der Waals surface area contributed by atoms with Gasteiger partial charge in [-0.05, 0) is 42.5 Å². The van der Waals surface area contributed by atoms with Gasteiger partial charge in [-0.2, -0.15) is 4.98 Å². The first-order valence-corrected chi connectivity index (χ1v) is 8.11. The molecule has 0 bridgehead atoms. The summed E-state index contributed by atoms with van der Waals surface area (Å²) in [5, 5.41) is 6.71. The topological polar surface area (TPSA) is 86.5 Å². The highest BCUT2D eigenvalue weighted by atomic mass is 16.5. The molecule has 0 saturated heterocycles. The molecule has 7 heteroatoms. The normalized spacial score (nSPS) is 10.4. The maximum Gasteiger partial charge on any atom is 0.257 e. The van der Waals surface area contributed by atoms with Crippen molar-refractivity contribution in [2.45, 2.75) is 13.3 Å². The number of aryl methyl sites for hydroxylation is 1. The number of carbonyl (C=O) groups excluding carboxylic acids is 1. The molecule has 0 aliphatic rings. The lowest BCUT2D eigenvalue weighted by molar-refractivity contribution is 0.102. The number of carbonyl (C=O) groups is 1. The van der Waals surface area contributed by atoms with Crippen LogP contribution in [-0.2, 0) is 6.42 Å². The Morgan fingerprint density at radius 2 is 1.81 bits per heavy atom. The van der Waals surface area contributed by atoms with E-state index < -0.39 is 0 Å². The lowest BCUT2D eigenvalue weighted by atomic mass is 10.1. The summed E-state index contributed by atoms with van der Waals surface area (Å²) in [5.41, 5.74) is 1.92. The van der Waals surface area contributed by atoms with Crippen LogP contribution >= 0.6 is 0 Å². The van der Waals surface area contributed by atoms with Crippen LogP contribution in [-0.4, -0.2) is 30.3 Å². The van der Waals surface area contributed by atoms with Gasteiger partial charge in [0, 0.05) is 23.2 Å². The summed E-state index contributed by atoms with van der Waals surface area (Å²) in [7, 11) is 3.08. The van der Waals surface area contributed by atoms with Gasteiger partial charge in [-0.25, -0.2) is 0 Å². The average molecular weight is 353 g/mol. The molecule has 0 saturated carbocycles. The van der Waals surface area contributed by atoms with Crippen molar-refractivity contribution in [3.05, 3.63) is 53.9 Å². The minimum absolute atomic E-state index is 0.246. The molecule has 0 aliphatic heterocycles. The zero-order valence-corrected chi connectivity index (χ0v) is 14.8. The molecule has 0 unspecified atom stereocenters.